The van der Waals surface area contributed by atoms with Gasteiger partial charge in [0.25, 0.3) is 5.91 Å². The van der Waals surface area contributed by atoms with E-state index in [9.17, 15) is 9.59 Å². The molecule has 1 aromatic rings. The van der Waals surface area contributed by atoms with E-state index in [-0.39, 0.29) is 19.1 Å². The molecule has 0 fully saturated rings. The molecule has 0 bridgehead atoms. The van der Waals surface area contributed by atoms with Crippen LogP contribution in [0.1, 0.15) is 13.8 Å². The Morgan fingerprint density at radius 1 is 1.37 bits per heavy atom. The molecule has 0 radical (unpaired) electrons. The molecule has 2 amide bonds. The number of nitrogens with one attached hydrogen (secondary N) is 1. The summed E-state index contributed by atoms with van der Waals surface area (Å²) in [4.78, 5) is 22.6. The summed E-state index contributed by atoms with van der Waals surface area (Å²) in [6.07, 6.45) is 0. The molecule has 6 nitrogen and oxygen atoms in total. The van der Waals surface area contributed by atoms with Crippen LogP contribution in [0.4, 0.5) is 5.69 Å². The summed E-state index contributed by atoms with van der Waals surface area (Å²) in [5.41, 5.74) is 10.5. The fraction of sp³-hybridized carbons (Fsp3) is 0.385. The van der Waals surface area contributed by atoms with Gasteiger partial charge in [-0.3, -0.25) is 9.59 Å². The van der Waals surface area contributed by atoms with E-state index >= 15 is 0 Å². The highest BCUT2D eigenvalue weighted by atomic mass is 16.5. The second-order valence-corrected chi connectivity index (χ2v) is 4.82. The molecule has 5 N–H and O–H groups in total. The molecule has 0 unspecified atom stereocenters. The van der Waals surface area contributed by atoms with Crippen molar-refractivity contribution in [2.24, 2.45) is 16.9 Å². The Kier molecular flexibility index (Phi) is 4.88. The molecule has 0 aliphatic heterocycles. The minimum atomic E-state index is -0.649. The minimum absolute atomic E-state index is 0.179. The molecular formula is C13H19N3O3. The normalized spacial score (nSPS) is 10.9. The fourth-order valence-electron chi connectivity index (χ4n) is 1.21. The van der Waals surface area contributed by atoms with Gasteiger partial charge in [0.15, 0.2) is 6.61 Å². The van der Waals surface area contributed by atoms with Gasteiger partial charge in [-0.25, -0.2) is 0 Å². The van der Waals surface area contributed by atoms with Crippen LogP contribution in [0.2, 0.25) is 0 Å². The van der Waals surface area contributed by atoms with Gasteiger partial charge in [0, 0.05) is 18.3 Å². The lowest BCUT2D eigenvalue weighted by Gasteiger charge is -2.21. The molecule has 0 saturated heterocycles. The van der Waals surface area contributed by atoms with Crippen LogP contribution in [0.3, 0.4) is 0 Å². The van der Waals surface area contributed by atoms with Crippen LogP contribution >= 0.6 is 0 Å². The van der Waals surface area contributed by atoms with Crippen LogP contribution in [0.15, 0.2) is 24.3 Å². The predicted molar refractivity (Wildman–Crippen MR) is 72.6 cm³/mol. The van der Waals surface area contributed by atoms with Crippen LogP contribution in [0.5, 0.6) is 5.75 Å². The molecule has 0 aliphatic carbocycles. The smallest absolute Gasteiger partial charge is 0.255 e. The number of hydrogen-bond donors (Lipinski definition) is 3. The van der Waals surface area contributed by atoms with Gasteiger partial charge >= 0.3 is 0 Å². The van der Waals surface area contributed by atoms with Crippen LogP contribution in [-0.2, 0) is 9.59 Å². The highest BCUT2D eigenvalue weighted by Crippen LogP contribution is 2.20. The zero-order valence-corrected chi connectivity index (χ0v) is 11.1. The summed E-state index contributed by atoms with van der Waals surface area (Å²) in [6, 6.07) is 6.73. The number of ether oxygens (including phenoxy) is 1. The van der Waals surface area contributed by atoms with Crippen LogP contribution in [-0.4, -0.2) is 25.0 Å². The summed E-state index contributed by atoms with van der Waals surface area (Å²) >= 11 is 0. The van der Waals surface area contributed by atoms with E-state index in [0.29, 0.717) is 11.4 Å². The van der Waals surface area contributed by atoms with Crippen molar-refractivity contribution in [3.63, 3.8) is 0 Å². The van der Waals surface area contributed by atoms with E-state index in [0.717, 1.165) is 0 Å². The zero-order chi connectivity index (χ0) is 14.5. The third-order valence-electron chi connectivity index (χ3n) is 2.60. The first-order valence-corrected chi connectivity index (χ1v) is 5.88. The van der Waals surface area contributed by atoms with Crippen LogP contribution < -0.4 is 21.5 Å². The standard InChI is InChI=1S/C13H19N3O3/c1-13(2,8-14)12(18)16-9-4-3-5-10(6-9)19-7-11(15)17/h3-6H,7-8,14H2,1-2H3,(H2,15,17)(H,16,18). The number of nitrogens with two attached hydrogens (primary N) is 2. The number of amides is 2. The Morgan fingerprint density at radius 3 is 2.63 bits per heavy atom. The maximum atomic E-state index is 11.9. The Balaban J connectivity index is 2.72. The van der Waals surface area contributed by atoms with E-state index in [1.807, 2.05) is 0 Å². The number of primary amides is 1. The highest BCUT2D eigenvalue weighted by Gasteiger charge is 2.25. The highest BCUT2D eigenvalue weighted by molar-refractivity contribution is 5.95. The van der Waals surface area contributed by atoms with Gasteiger partial charge in [0.05, 0.1) is 5.41 Å². The maximum Gasteiger partial charge on any atom is 0.255 e. The van der Waals surface area contributed by atoms with Crippen molar-refractivity contribution in [2.45, 2.75) is 13.8 Å². The first-order valence-electron chi connectivity index (χ1n) is 5.88. The minimum Gasteiger partial charge on any atom is -0.484 e. The molecule has 0 heterocycles. The van der Waals surface area contributed by atoms with Crippen molar-refractivity contribution in [3.8, 4) is 5.75 Å². The van der Waals surface area contributed by atoms with Crippen molar-refractivity contribution >= 4 is 17.5 Å². The van der Waals surface area contributed by atoms with Gasteiger partial charge in [-0.1, -0.05) is 6.07 Å². The number of rotatable bonds is 6. The second kappa shape index (κ2) is 6.19. The first-order chi connectivity index (χ1) is 8.85. The second-order valence-electron chi connectivity index (χ2n) is 4.82. The van der Waals surface area contributed by atoms with Gasteiger partial charge in [0.1, 0.15) is 5.75 Å². The number of hydrogen-bond acceptors (Lipinski definition) is 4. The van der Waals surface area contributed by atoms with Crippen molar-refractivity contribution in [1.82, 2.24) is 0 Å². The lowest BCUT2D eigenvalue weighted by atomic mass is 9.92. The third-order valence-corrected chi connectivity index (χ3v) is 2.60. The van der Waals surface area contributed by atoms with E-state index in [1.165, 1.54) is 0 Å². The quantitative estimate of drug-likeness (QED) is 0.695. The number of carbonyl (C=O) groups excluding carboxylic acids is 2. The SMILES string of the molecule is CC(C)(CN)C(=O)Nc1cccc(OCC(N)=O)c1. The number of benzene rings is 1. The summed E-state index contributed by atoms with van der Waals surface area (Å²) < 4.78 is 5.15. The average molecular weight is 265 g/mol. The molecule has 1 aromatic carbocycles. The molecule has 0 saturated carbocycles. The monoisotopic (exact) mass is 265 g/mol. The predicted octanol–water partition coefficient (Wildman–Crippen LogP) is 0.474. The van der Waals surface area contributed by atoms with Crippen LogP contribution in [0.25, 0.3) is 0 Å². The molecule has 0 spiro atoms. The van der Waals surface area contributed by atoms with E-state index in [1.54, 1.807) is 38.1 Å². The van der Waals surface area contributed by atoms with E-state index in [2.05, 4.69) is 5.32 Å². The molecule has 0 aromatic heterocycles. The maximum absolute atomic E-state index is 11.9. The van der Waals surface area contributed by atoms with Crippen molar-refractivity contribution < 1.29 is 14.3 Å². The van der Waals surface area contributed by atoms with Crippen molar-refractivity contribution in [1.29, 1.82) is 0 Å². The topological polar surface area (TPSA) is 107 Å². The van der Waals surface area contributed by atoms with Gasteiger partial charge in [-0.05, 0) is 26.0 Å². The summed E-state index contributed by atoms with van der Waals surface area (Å²) in [5.74, 6) is -0.275. The number of carbonyl (C=O) groups is 2. The van der Waals surface area contributed by atoms with E-state index in [4.69, 9.17) is 16.2 Å². The molecule has 0 aliphatic rings. The Labute approximate surface area is 112 Å². The van der Waals surface area contributed by atoms with Gasteiger partial charge < -0.3 is 21.5 Å². The zero-order valence-electron chi connectivity index (χ0n) is 11.1. The van der Waals surface area contributed by atoms with Crippen molar-refractivity contribution in [2.75, 3.05) is 18.5 Å². The summed E-state index contributed by atoms with van der Waals surface area (Å²) in [7, 11) is 0. The van der Waals surface area contributed by atoms with Gasteiger partial charge in [-0.15, -0.1) is 0 Å². The van der Waals surface area contributed by atoms with E-state index < -0.39 is 11.3 Å². The van der Waals surface area contributed by atoms with Crippen LogP contribution in [0, 0.1) is 5.41 Å². The van der Waals surface area contributed by atoms with Crippen molar-refractivity contribution in [3.05, 3.63) is 24.3 Å². The average Bonchev–Trinajstić information content (AvgIpc) is 2.36. The fourth-order valence-corrected chi connectivity index (χ4v) is 1.21. The molecule has 6 heteroatoms. The Bertz CT molecular complexity index is 472. The molecule has 0 atom stereocenters. The third kappa shape index (κ3) is 4.59. The summed E-state index contributed by atoms with van der Waals surface area (Å²) in [6.45, 7) is 3.56. The molecular weight excluding hydrogens is 246 g/mol. The lowest BCUT2D eigenvalue weighted by molar-refractivity contribution is -0.123. The van der Waals surface area contributed by atoms with Gasteiger partial charge in [0.2, 0.25) is 5.91 Å². The Hall–Kier alpha value is -2.08. The molecule has 1 rings (SSSR count). The molecule has 19 heavy (non-hydrogen) atoms. The largest absolute Gasteiger partial charge is 0.484 e. The lowest BCUT2D eigenvalue weighted by Crippen LogP contribution is -2.37. The Morgan fingerprint density at radius 2 is 2.05 bits per heavy atom. The number of anilines is 1. The molecule has 104 valence electrons. The summed E-state index contributed by atoms with van der Waals surface area (Å²) in [5, 5.41) is 2.75. The van der Waals surface area contributed by atoms with Gasteiger partial charge in [-0.2, -0.15) is 0 Å². The first kappa shape index (κ1) is 15.0.